The van der Waals surface area contributed by atoms with Gasteiger partial charge < -0.3 is 19.3 Å². The number of anilines is 2. The average Bonchev–Trinajstić information content (AvgIpc) is 2.63. The average molecular weight is 434 g/mol. The van der Waals surface area contributed by atoms with E-state index in [1.807, 2.05) is 16.7 Å². The number of fused-ring (bicyclic) bond motifs is 1. The van der Waals surface area contributed by atoms with Crippen molar-refractivity contribution in [2.75, 3.05) is 30.6 Å². The van der Waals surface area contributed by atoms with Gasteiger partial charge in [-0.25, -0.2) is 4.98 Å². The Kier molecular flexibility index (Phi) is 5.62. The van der Waals surface area contributed by atoms with Crippen LogP contribution in [0.25, 0.3) is 0 Å². The van der Waals surface area contributed by atoms with Crippen molar-refractivity contribution in [3.63, 3.8) is 0 Å². The summed E-state index contributed by atoms with van der Waals surface area (Å²) < 4.78 is 10.7. The lowest BCUT2D eigenvalue weighted by molar-refractivity contribution is 0.395. The van der Waals surface area contributed by atoms with Crippen LogP contribution < -0.4 is 19.3 Å². The van der Waals surface area contributed by atoms with Gasteiger partial charge in [-0.2, -0.15) is 4.98 Å². The van der Waals surface area contributed by atoms with E-state index in [0.29, 0.717) is 51.3 Å². The van der Waals surface area contributed by atoms with E-state index in [1.165, 1.54) is 14.2 Å². The molecule has 0 fully saturated rings. The third kappa shape index (κ3) is 3.13. The van der Waals surface area contributed by atoms with Crippen LogP contribution in [0.3, 0.4) is 0 Å². The first-order valence-corrected chi connectivity index (χ1v) is 9.17. The number of ether oxygens (including phenoxy) is 2. The van der Waals surface area contributed by atoms with Crippen LogP contribution in [-0.4, -0.2) is 35.8 Å². The molecule has 6 nitrogen and oxygen atoms in total. The number of aromatic nitrogens is 2. The predicted octanol–water partition coefficient (Wildman–Crippen LogP) is 4.59. The zero-order valence-electron chi connectivity index (χ0n) is 14.2. The van der Waals surface area contributed by atoms with Gasteiger partial charge in [0.1, 0.15) is 27.4 Å². The Balaban J connectivity index is 2.19. The van der Waals surface area contributed by atoms with Gasteiger partial charge >= 0.3 is 0 Å². The molecular weight excluding hydrogens is 419 g/mol. The maximum Gasteiger partial charge on any atom is 0.224 e. The molecule has 0 saturated carbocycles. The number of rotatable bonds is 4. The standard InChI is InChI=1S/C16H15Cl3N4O2S/c1-4-22-14-8(6-20-15(19)21-14)7-23(16(22)26)13-11(17)9(24-2)5-10(25-3)12(13)18/h5-6H,4,7H2,1-3H3. The smallest absolute Gasteiger partial charge is 0.224 e. The van der Waals surface area contributed by atoms with Gasteiger partial charge in [0.05, 0.1) is 26.5 Å². The Morgan fingerprint density at radius 2 is 1.77 bits per heavy atom. The zero-order chi connectivity index (χ0) is 19.0. The monoisotopic (exact) mass is 432 g/mol. The van der Waals surface area contributed by atoms with E-state index in [1.54, 1.807) is 12.3 Å². The Hall–Kier alpha value is -1.54. The highest BCUT2D eigenvalue weighted by molar-refractivity contribution is 7.80. The van der Waals surface area contributed by atoms with E-state index in [-0.39, 0.29) is 5.28 Å². The highest BCUT2D eigenvalue weighted by Crippen LogP contribution is 2.47. The topological polar surface area (TPSA) is 50.7 Å². The van der Waals surface area contributed by atoms with Crippen LogP contribution >= 0.6 is 47.0 Å². The number of methoxy groups -OCH3 is 2. The SMILES string of the molecule is CCN1C(=S)N(c2c(Cl)c(OC)cc(OC)c2Cl)Cc2cnc(Cl)nc21. The fourth-order valence-electron chi connectivity index (χ4n) is 2.77. The molecule has 0 unspecified atom stereocenters. The molecule has 10 heteroatoms. The van der Waals surface area contributed by atoms with Gasteiger partial charge in [0.25, 0.3) is 0 Å². The third-order valence-corrected chi connectivity index (χ3v) is 5.35. The maximum atomic E-state index is 6.55. The minimum Gasteiger partial charge on any atom is -0.495 e. The molecule has 1 aliphatic rings. The molecular formula is C16H15Cl3N4O2S. The fraction of sp³-hybridized carbons (Fsp3) is 0.312. The van der Waals surface area contributed by atoms with E-state index >= 15 is 0 Å². The summed E-state index contributed by atoms with van der Waals surface area (Å²) in [5, 5.41) is 1.34. The lowest BCUT2D eigenvalue weighted by Crippen LogP contribution is -2.48. The molecule has 0 bridgehead atoms. The van der Waals surface area contributed by atoms with Crippen molar-refractivity contribution < 1.29 is 9.47 Å². The lowest BCUT2D eigenvalue weighted by Gasteiger charge is -2.39. The second kappa shape index (κ2) is 7.60. The first-order chi connectivity index (χ1) is 12.4. The number of halogens is 3. The van der Waals surface area contributed by atoms with Crippen LogP contribution in [0, 0.1) is 0 Å². The quantitative estimate of drug-likeness (QED) is 0.516. The van der Waals surface area contributed by atoms with Crippen molar-refractivity contribution in [2.45, 2.75) is 13.5 Å². The van der Waals surface area contributed by atoms with Crippen molar-refractivity contribution in [3.05, 3.63) is 33.2 Å². The molecule has 2 aromatic rings. The van der Waals surface area contributed by atoms with E-state index in [4.69, 9.17) is 56.5 Å². The second-order valence-electron chi connectivity index (χ2n) is 5.36. The molecule has 1 aromatic heterocycles. The van der Waals surface area contributed by atoms with E-state index in [9.17, 15) is 0 Å². The predicted molar refractivity (Wildman–Crippen MR) is 108 cm³/mol. The number of hydrogen-bond donors (Lipinski definition) is 0. The van der Waals surface area contributed by atoms with Gasteiger partial charge in [0, 0.05) is 24.4 Å². The first kappa shape index (κ1) is 19.2. The van der Waals surface area contributed by atoms with Gasteiger partial charge in [-0.1, -0.05) is 23.2 Å². The van der Waals surface area contributed by atoms with Crippen molar-refractivity contribution in [1.82, 2.24) is 9.97 Å². The van der Waals surface area contributed by atoms with Crippen molar-refractivity contribution >= 4 is 63.6 Å². The lowest BCUT2D eigenvalue weighted by atomic mass is 10.1. The Bertz CT molecular complexity index is 853. The van der Waals surface area contributed by atoms with Crippen LogP contribution in [0.1, 0.15) is 12.5 Å². The molecule has 0 amide bonds. The van der Waals surface area contributed by atoms with E-state index in [2.05, 4.69) is 9.97 Å². The Morgan fingerprint density at radius 1 is 1.15 bits per heavy atom. The van der Waals surface area contributed by atoms with E-state index in [0.717, 1.165) is 5.56 Å². The molecule has 1 aliphatic heterocycles. The molecule has 0 saturated heterocycles. The summed E-state index contributed by atoms with van der Waals surface area (Å²) in [5.41, 5.74) is 1.35. The number of nitrogens with zero attached hydrogens (tertiary/aromatic N) is 4. The molecule has 0 N–H and O–H groups in total. The molecule has 26 heavy (non-hydrogen) atoms. The van der Waals surface area contributed by atoms with Crippen LogP contribution in [0.5, 0.6) is 11.5 Å². The van der Waals surface area contributed by atoms with Crippen molar-refractivity contribution in [1.29, 1.82) is 0 Å². The van der Waals surface area contributed by atoms with E-state index < -0.39 is 0 Å². The summed E-state index contributed by atoms with van der Waals surface area (Å²) in [6.07, 6.45) is 1.67. The largest absolute Gasteiger partial charge is 0.495 e. The van der Waals surface area contributed by atoms with Crippen LogP contribution in [0.15, 0.2) is 12.3 Å². The van der Waals surface area contributed by atoms with Gasteiger partial charge in [0.2, 0.25) is 5.28 Å². The summed E-state index contributed by atoms with van der Waals surface area (Å²) in [5.74, 6) is 1.55. The summed E-state index contributed by atoms with van der Waals surface area (Å²) in [6.45, 7) is 2.94. The highest BCUT2D eigenvalue weighted by Gasteiger charge is 2.33. The minimum absolute atomic E-state index is 0.164. The Labute approximate surface area is 171 Å². The van der Waals surface area contributed by atoms with Crippen LogP contribution in [0.4, 0.5) is 11.5 Å². The summed E-state index contributed by atoms with van der Waals surface area (Å²) >= 11 is 24.7. The number of thiocarbonyl (C=S) groups is 1. The summed E-state index contributed by atoms with van der Waals surface area (Å²) in [6, 6.07) is 1.63. The second-order valence-corrected chi connectivity index (χ2v) is 6.82. The normalized spacial score (nSPS) is 13.7. The van der Waals surface area contributed by atoms with Crippen molar-refractivity contribution in [3.8, 4) is 11.5 Å². The van der Waals surface area contributed by atoms with Crippen LogP contribution in [-0.2, 0) is 6.54 Å². The molecule has 1 aromatic carbocycles. The molecule has 3 rings (SSSR count). The summed E-state index contributed by atoms with van der Waals surface area (Å²) in [4.78, 5) is 12.0. The maximum absolute atomic E-state index is 6.55. The molecule has 2 heterocycles. The highest BCUT2D eigenvalue weighted by atomic mass is 35.5. The number of benzene rings is 1. The van der Waals surface area contributed by atoms with Gasteiger partial charge in [-0.3, -0.25) is 0 Å². The number of hydrogen-bond acceptors (Lipinski definition) is 5. The zero-order valence-corrected chi connectivity index (χ0v) is 17.3. The van der Waals surface area contributed by atoms with Gasteiger partial charge in [-0.05, 0) is 30.7 Å². The van der Waals surface area contributed by atoms with Gasteiger partial charge in [-0.15, -0.1) is 0 Å². The molecule has 0 radical (unpaired) electrons. The van der Waals surface area contributed by atoms with Gasteiger partial charge in [0.15, 0.2) is 5.11 Å². The molecule has 0 aliphatic carbocycles. The van der Waals surface area contributed by atoms with Crippen LogP contribution in [0.2, 0.25) is 15.3 Å². The molecule has 0 atom stereocenters. The molecule has 0 spiro atoms. The fourth-order valence-corrected chi connectivity index (χ4v) is 3.97. The molecule has 138 valence electrons. The van der Waals surface area contributed by atoms with Crippen molar-refractivity contribution in [2.24, 2.45) is 0 Å². The third-order valence-electron chi connectivity index (χ3n) is 3.99. The first-order valence-electron chi connectivity index (χ1n) is 7.63. The summed E-state index contributed by atoms with van der Waals surface area (Å²) in [7, 11) is 3.05. The minimum atomic E-state index is 0.164. The Morgan fingerprint density at radius 3 is 2.31 bits per heavy atom.